The summed E-state index contributed by atoms with van der Waals surface area (Å²) < 4.78 is 0. The topological polar surface area (TPSA) is 61.4 Å². The number of nitrogens with zero attached hydrogens (tertiary/aromatic N) is 4. The molecule has 0 radical (unpaired) electrons. The van der Waals surface area contributed by atoms with Gasteiger partial charge in [-0.05, 0) is 50.8 Å². The Morgan fingerprint density at radius 1 is 1.07 bits per heavy atom. The number of likely N-dealkylation sites (tertiary alicyclic amines) is 1. The number of rotatable bonds is 4. The standard InChI is InChI=1S/C21H27N5O/c1-16-6-8-18(9-7-16)23-19-10-11-22-21(24-19)26-14-4-5-17(15-26)20(27)25-12-2-3-13-25/h6-11,17H,2-5,12-15H2,1H3,(H,22,23,24). The molecule has 4 rings (SSSR count). The number of hydrogen-bond donors (Lipinski definition) is 1. The first-order chi connectivity index (χ1) is 13.2. The first-order valence-electron chi connectivity index (χ1n) is 9.89. The fraction of sp³-hybridized carbons (Fsp3) is 0.476. The first kappa shape index (κ1) is 17.8. The highest BCUT2D eigenvalue weighted by atomic mass is 16.2. The van der Waals surface area contributed by atoms with E-state index in [0.29, 0.717) is 18.4 Å². The third-order valence-electron chi connectivity index (χ3n) is 5.44. The molecule has 1 unspecified atom stereocenters. The van der Waals surface area contributed by atoms with Gasteiger partial charge < -0.3 is 15.1 Å². The molecule has 3 heterocycles. The molecule has 1 amide bonds. The Morgan fingerprint density at radius 2 is 1.85 bits per heavy atom. The highest BCUT2D eigenvalue weighted by Crippen LogP contribution is 2.25. The molecule has 27 heavy (non-hydrogen) atoms. The van der Waals surface area contributed by atoms with Gasteiger partial charge in [0.25, 0.3) is 0 Å². The van der Waals surface area contributed by atoms with Crippen molar-refractivity contribution in [3.63, 3.8) is 0 Å². The van der Waals surface area contributed by atoms with Crippen LogP contribution >= 0.6 is 0 Å². The number of aromatic nitrogens is 2. The highest BCUT2D eigenvalue weighted by Gasteiger charge is 2.31. The van der Waals surface area contributed by atoms with E-state index in [0.717, 1.165) is 56.8 Å². The predicted octanol–water partition coefficient (Wildman–Crippen LogP) is 3.37. The van der Waals surface area contributed by atoms with Crippen molar-refractivity contribution < 1.29 is 4.79 Å². The summed E-state index contributed by atoms with van der Waals surface area (Å²) in [6.45, 7) is 5.52. The van der Waals surface area contributed by atoms with Gasteiger partial charge in [0, 0.05) is 38.1 Å². The summed E-state index contributed by atoms with van der Waals surface area (Å²) in [7, 11) is 0. The lowest BCUT2D eigenvalue weighted by Gasteiger charge is -2.34. The van der Waals surface area contributed by atoms with Crippen LogP contribution in [0.15, 0.2) is 36.5 Å². The van der Waals surface area contributed by atoms with E-state index in [9.17, 15) is 4.79 Å². The number of nitrogens with one attached hydrogen (secondary N) is 1. The maximum atomic E-state index is 12.8. The zero-order valence-electron chi connectivity index (χ0n) is 15.9. The van der Waals surface area contributed by atoms with Crippen LogP contribution < -0.4 is 10.2 Å². The Morgan fingerprint density at radius 3 is 2.63 bits per heavy atom. The zero-order valence-corrected chi connectivity index (χ0v) is 15.9. The molecule has 6 heteroatoms. The summed E-state index contributed by atoms with van der Waals surface area (Å²) in [5.74, 6) is 1.85. The average Bonchev–Trinajstić information content (AvgIpc) is 3.24. The van der Waals surface area contributed by atoms with Gasteiger partial charge in [-0.15, -0.1) is 0 Å². The Kier molecular flexibility index (Phi) is 5.23. The molecule has 1 N–H and O–H groups in total. The van der Waals surface area contributed by atoms with Gasteiger partial charge in [0.15, 0.2) is 0 Å². The molecular formula is C21H27N5O. The van der Waals surface area contributed by atoms with E-state index < -0.39 is 0 Å². The van der Waals surface area contributed by atoms with Crippen molar-refractivity contribution in [3.8, 4) is 0 Å². The van der Waals surface area contributed by atoms with E-state index in [1.54, 1.807) is 6.20 Å². The summed E-state index contributed by atoms with van der Waals surface area (Å²) in [6, 6.07) is 10.1. The Balaban J connectivity index is 1.44. The van der Waals surface area contributed by atoms with Gasteiger partial charge in [-0.25, -0.2) is 4.98 Å². The molecule has 1 atom stereocenters. The molecular weight excluding hydrogens is 338 g/mol. The Hall–Kier alpha value is -2.63. The fourth-order valence-electron chi connectivity index (χ4n) is 3.91. The van der Waals surface area contributed by atoms with Gasteiger partial charge >= 0.3 is 0 Å². The van der Waals surface area contributed by atoms with Crippen molar-refractivity contribution in [2.24, 2.45) is 5.92 Å². The van der Waals surface area contributed by atoms with Gasteiger partial charge in [-0.1, -0.05) is 17.7 Å². The second kappa shape index (κ2) is 7.94. The number of amides is 1. The van der Waals surface area contributed by atoms with Gasteiger partial charge in [-0.2, -0.15) is 4.98 Å². The predicted molar refractivity (Wildman–Crippen MR) is 107 cm³/mol. The number of benzene rings is 1. The molecule has 0 aliphatic carbocycles. The summed E-state index contributed by atoms with van der Waals surface area (Å²) in [4.78, 5) is 26.1. The quantitative estimate of drug-likeness (QED) is 0.900. The van der Waals surface area contributed by atoms with Crippen LogP contribution in [0.5, 0.6) is 0 Å². The molecule has 0 bridgehead atoms. The van der Waals surface area contributed by atoms with Crippen LogP contribution in [0.3, 0.4) is 0 Å². The van der Waals surface area contributed by atoms with Gasteiger partial charge in [0.1, 0.15) is 5.82 Å². The van der Waals surface area contributed by atoms with Crippen molar-refractivity contribution in [3.05, 3.63) is 42.1 Å². The van der Waals surface area contributed by atoms with Gasteiger partial charge in [0.2, 0.25) is 11.9 Å². The summed E-state index contributed by atoms with van der Waals surface area (Å²) >= 11 is 0. The third kappa shape index (κ3) is 4.21. The minimum atomic E-state index is 0.0640. The molecule has 1 aromatic heterocycles. The van der Waals surface area contributed by atoms with Crippen molar-refractivity contribution in [1.29, 1.82) is 0 Å². The highest BCUT2D eigenvalue weighted by molar-refractivity contribution is 5.80. The molecule has 142 valence electrons. The summed E-state index contributed by atoms with van der Waals surface area (Å²) in [6.07, 6.45) is 6.02. The lowest BCUT2D eigenvalue weighted by Crippen LogP contribution is -2.44. The van der Waals surface area contributed by atoms with Crippen LogP contribution in [0.4, 0.5) is 17.5 Å². The number of carbonyl (C=O) groups is 1. The second-order valence-corrected chi connectivity index (χ2v) is 7.55. The van der Waals surface area contributed by atoms with E-state index in [-0.39, 0.29) is 5.92 Å². The molecule has 2 aliphatic rings. The second-order valence-electron chi connectivity index (χ2n) is 7.55. The molecule has 2 aliphatic heterocycles. The molecule has 0 spiro atoms. The monoisotopic (exact) mass is 365 g/mol. The normalized spacial score (nSPS) is 20.0. The maximum Gasteiger partial charge on any atom is 0.227 e. The Bertz CT molecular complexity index is 785. The van der Waals surface area contributed by atoms with E-state index in [4.69, 9.17) is 0 Å². The summed E-state index contributed by atoms with van der Waals surface area (Å²) in [5.41, 5.74) is 2.23. The number of carbonyl (C=O) groups excluding carboxylic acids is 1. The maximum absolute atomic E-state index is 12.8. The van der Waals surface area contributed by atoms with Crippen molar-refractivity contribution in [1.82, 2.24) is 14.9 Å². The minimum absolute atomic E-state index is 0.0640. The smallest absolute Gasteiger partial charge is 0.227 e. The van der Waals surface area contributed by atoms with Crippen LogP contribution in [0.2, 0.25) is 0 Å². The average molecular weight is 365 g/mol. The van der Waals surface area contributed by atoms with E-state index in [1.165, 1.54) is 5.56 Å². The number of piperidine rings is 1. The first-order valence-corrected chi connectivity index (χ1v) is 9.89. The van der Waals surface area contributed by atoms with Crippen molar-refractivity contribution >= 4 is 23.4 Å². The lowest BCUT2D eigenvalue weighted by molar-refractivity contribution is -0.134. The molecule has 2 aromatic rings. The molecule has 2 saturated heterocycles. The van der Waals surface area contributed by atoms with Crippen LogP contribution in [0.25, 0.3) is 0 Å². The number of anilines is 3. The lowest BCUT2D eigenvalue weighted by atomic mass is 9.97. The van der Waals surface area contributed by atoms with Crippen molar-refractivity contribution in [2.45, 2.75) is 32.6 Å². The van der Waals surface area contributed by atoms with Crippen LogP contribution in [0.1, 0.15) is 31.2 Å². The van der Waals surface area contributed by atoms with E-state index >= 15 is 0 Å². The Labute approximate surface area is 160 Å². The van der Waals surface area contributed by atoms with E-state index in [2.05, 4.69) is 39.2 Å². The minimum Gasteiger partial charge on any atom is -0.342 e. The fourth-order valence-corrected chi connectivity index (χ4v) is 3.91. The van der Waals surface area contributed by atoms with Crippen LogP contribution in [-0.2, 0) is 4.79 Å². The number of aryl methyl sites for hydroxylation is 1. The molecule has 0 saturated carbocycles. The SMILES string of the molecule is Cc1ccc(Nc2ccnc(N3CCCC(C(=O)N4CCCC4)C3)n2)cc1. The van der Waals surface area contributed by atoms with Crippen molar-refractivity contribution in [2.75, 3.05) is 36.4 Å². The summed E-state index contributed by atoms with van der Waals surface area (Å²) in [5, 5.41) is 3.34. The third-order valence-corrected chi connectivity index (χ3v) is 5.44. The van der Waals surface area contributed by atoms with Crippen LogP contribution in [-0.4, -0.2) is 47.0 Å². The van der Waals surface area contributed by atoms with E-state index in [1.807, 2.05) is 23.1 Å². The molecule has 2 fully saturated rings. The van der Waals surface area contributed by atoms with Crippen LogP contribution in [0, 0.1) is 12.8 Å². The van der Waals surface area contributed by atoms with Gasteiger partial charge in [0.05, 0.1) is 5.92 Å². The zero-order chi connectivity index (χ0) is 18.6. The molecule has 6 nitrogen and oxygen atoms in total. The van der Waals surface area contributed by atoms with Gasteiger partial charge in [-0.3, -0.25) is 4.79 Å². The largest absolute Gasteiger partial charge is 0.342 e. The molecule has 1 aromatic carbocycles. The number of hydrogen-bond acceptors (Lipinski definition) is 5.